The Bertz CT molecular complexity index is 815. The summed E-state index contributed by atoms with van der Waals surface area (Å²) >= 11 is 0. The molecule has 0 heterocycles. The Morgan fingerprint density at radius 3 is 2.24 bits per heavy atom. The van der Waals surface area contributed by atoms with Crippen LogP contribution in [0.1, 0.15) is 34.6 Å². The van der Waals surface area contributed by atoms with Crippen LogP contribution >= 0.6 is 0 Å². The van der Waals surface area contributed by atoms with Crippen LogP contribution in [0.5, 0.6) is 0 Å². The first-order valence-corrected chi connectivity index (χ1v) is 7.35. The number of ketones is 1. The maximum atomic E-state index is 13.1. The third-order valence-corrected chi connectivity index (χ3v) is 3.29. The Labute approximate surface area is 142 Å². The SMILES string of the molecule is CC(=O)c1cccc(NC(=O)[C@H](C)OC(=O)c2cc(F)cc(F)c2)c1. The Morgan fingerprint density at radius 2 is 1.64 bits per heavy atom. The summed E-state index contributed by atoms with van der Waals surface area (Å²) in [6, 6.07) is 8.49. The van der Waals surface area contributed by atoms with Crippen molar-refractivity contribution in [3.63, 3.8) is 0 Å². The number of rotatable bonds is 5. The number of ether oxygens (including phenoxy) is 1. The zero-order chi connectivity index (χ0) is 18.6. The Balaban J connectivity index is 2.03. The number of carbonyl (C=O) groups is 3. The van der Waals surface area contributed by atoms with E-state index >= 15 is 0 Å². The maximum absolute atomic E-state index is 13.1. The second-order valence-electron chi connectivity index (χ2n) is 5.33. The zero-order valence-corrected chi connectivity index (χ0v) is 13.5. The van der Waals surface area contributed by atoms with Gasteiger partial charge in [0.1, 0.15) is 11.6 Å². The standard InChI is InChI=1S/C18H15F2NO4/c1-10(22)12-4-3-5-16(8-12)21-17(23)11(2)25-18(24)13-6-14(19)9-15(20)7-13/h3-9,11H,1-2H3,(H,21,23)/t11-/m0/s1. The average molecular weight is 347 g/mol. The van der Waals surface area contributed by atoms with Gasteiger partial charge >= 0.3 is 5.97 Å². The second kappa shape index (κ2) is 7.65. The summed E-state index contributed by atoms with van der Waals surface area (Å²) in [7, 11) is 0. The topological polar surface area (TPSA) is 72.5 Å². The molecule has 0 unspecified atom stereocenters. The quantitative estimate of drug-likeness (QED) is 0.665. The van der Waals surface area contributed by atoms with E-state index in [1.165, 1.54) is 19.9 Å². The molecule has 0 aliphatic carbocycles. The highest BCUT2D eigenvalue weighted by Gasteiger charge is 2.20. The molecule has 2 aromatic carbocycles. The number of hydrogen-bond acceptors (Lipinski definition) is 4. The van der Waals surface area contributed by atoms with Crippen LogP contribution in [-0.2, 0) is 9.53 Å². The number of esters is 1. The minimum absolute atomic E-state index is 0.163. The van der Waals surface area contributed by atoms with Crippen molar-refractivity contribution in [1.82, 2.24) is 0 Å². The van der Waals surface area contributed by atoms with E-state index in [1.54, 1.807) is 18.2 Å². The van der Waals surface area contributed by atoms with Crippen molar-refractivity contribution in [1.29, 1.82) is 0 Å². The Morgan fingerprint density at radius 1 is 1.00 bits per heavy atom. The number of Topliss-reactive ketones (excluding diaryl/α,β-unsaturated/α-hetero) is 1. The number of carbonyl (C=O) groups excluding carboxylic acids is 3. The van der Waals surface area contributed by atoms with Gasteiger partial charge in [0.15, 0.2) is 11.9 Å². The lowest BCUT2D eigenvalue weighted by molar-refractivity contribution is -0.123. The summed E-state index contributed by atoms with van der Waals surface area (Å²) in [6.45, 7) is 2.71. The summed E-state index contributed by atoms with van der Waals surface area (Å²) in [4.78, 5) is 35.3. The van der Waals surface area contributed by atoms with Gasteiger partial charge in [0.05, 0.1) is 5.56 Å². The molecule has 5 nitrogen and oxygen atoms in total. The van der Waals surface area contributed by atoms with Crippen LogP contribution in [0.15, 0.2) is 42.5 Å². The highest BCUT2D eigenvalue weighted by molar-refractivity contribution is 5.99. The molecule has 0 aromatic heterocycles. The normalized spacial score (nSPS) is 11.5. The van der Waals surface area contributed by atoms with Gasteiger partial charge in [0.25, 0.3) is 5.91 Å². The molecule has 0 saturated carbocycles. The lowest BCUT2D eigenvalue weighted by Crippen LogP contribution is -2.30. The number of anilines is 1. The predicted molar refractivity (Wildman–Crippen MR) is 86.3 cm³/mol. The summed E-state index contributed by atoms with van der Waals surface area (Å²) in [5.41, 5.74) is 0.436. The van der Waals surface area contributed by atoms with Crippen molar-refractivity contribution in [2.45, 2.75) is 20.0 Å². The molecule has 1 amide bonds. The van der Waals surface area contributed by atoms with E-state index in [9.17, 15) is 23.2 Å². The van der Waals surface area contributed by atoms with Crippen LogP contribution in [0.25, 0.3) is 0 Å². The first kappa shape index (κ1) is 18.3. The molecule has 0 bridgehead atoms. The van der Waals surface area contributed by atoms with Gasteiger partial charge in [-0.1, -0.05) is 12.1 Å². The van der Waals surface area contributed by atoms with Crippen LogP contribution in [0, 0.1) is 11.6 Å². The fourth-order valence-electron chi connectivity index (χ4n) is 2.01. The zero-order valence-electron chi connectivity index (χ0n) is 13.5. The molecule has 25 heavy (non-hydrogen) atoms. The van der Waals surface area contributed by atoms with E-state index in [2.05, 4.69) is 5.32 Å². The van der Waals surface area contributed by atoms with Gasteiger partial charge in [-0.2, -0.15) is 0 Å². The van der Waals surface area contributed by atoms with E-state index in [-0.39, 0.29) is 11.3 Å². The smallest absolute Gasteiger partial charge is 0.339 e. The predicted octanol–water partition coefficient (Wildman–Crippen LogP) is 3.35. The molecule has 1 atom stereocenters. The van der Waals surface area contributed by atoms with Gasteiger partial charge in [-0.3, -0.25) is 9.59 Å². The van der Waals surface area contributed by atoms with E-state index < -0.39 is 29.6 Å². The monoisotopic (exact) mass is 347 g/mol. The molecule has 130 valence electrons. The summed E-state index contributed by atoms with van der Waals surface area (Å²) in [5.74, 6) is -3.69. The van der Waals surface area contributed by atoms with E-state index in [0.29, 0.717) is 17.3 Å². The van der Waals surface area contributed by atoms with Crippen LogP contribution < -0.4 is 5.32 Å². The number of nitrogens with one attached hydrogen (secondary N) is 1. The number of hydrogen-bond donors (Lipinski definition) is 1. The van der Waals surface area contributed by atoms with E-state index in [0.717, 1.165) is 12.1 Å². The molecule has 0 radical (unpaired) electrons. The van der Waals surface area contributed by atoms with Crippen molar-refractivity contribution in [3.05, 3.63) is 65.2 Å². The van der Waals surface area contributed by atoms with E-state index in [1.807, 2.05) is 0 Å². The molecular formula is C18H15F2NO4. The van der Waals surface area contributed by atoms with Crippen LogP contribution in [-0.4, -0.2) is 23.8 Å². The van der Waals surface area contributed by atoms with Crippen LogP contribution in [0.3, 0.4) is 0 Å². The third-order valence-electron chi connectivity index (χ3n) is 3.29. The molecule has 2 rings (SSSR count). The largest absolute Gasteiger partial charge is 0.449 e. The molecule has 1 N–H and O–H groups in total. The second-order valence-corrected chi connectivity index (χ2v) is 5.33. The molecule has 0 fully saturated rings. The van der Waals surface area contributed by atoms with Crippen molar-refractivity contribution in [3.8, 4) is 0 Å². The minimum atomic E-state index is -1.21. The van der Waals surface area contributed by atoms with E-state index in [4.69, 9.17) is 4.74 Å². The lowest BCUT2D eigenvalue weighted by Gasteiger charge is -2.14. The van der Waals surface area contributed by atoms with Gasteiger partial charge in [-0.05, 0) is 38.1 Å². The van der Waals surface area contributed by atoms with Gasteiger partial charge in [-0.25, -0.2) is 13.6 Å². The lowest BCUT2D eigenvalue weighted by atomic mass is 10.1. The molecule has 7 heteroatoms. The van der Waals surface area contributed by atoms with Crippen molar-refractivity contribution < 1.29 is 27.9 Å². The average Bonchev–Trinajstić information content (AvgIpc) is 2.54. The number of amides is 1. The van der Waals surface area contributed by atoms with Gasteiger partial charge in [-0.15, -0.1) is 0 Å². The molecule has 2 aromatic rings. The molecule has 0 spiro atoms. The minimum Gasteiger partial charge on any atom is -0.449 e. The highest BCUT2D eigenvalue weighted by atomic mass is 19.1. The molecular weight excluding hydrogens is 332 g/mol. The van der Waals surface area contributed by atoms with Crippen molar-refractivity contribution in [2.24, 2.45) is 0 Å². The number of benzene rings is 2. The molecule has 0 aliphatic rings. The molecule has 0 saturated heterocycles. The van der Waals surface area contributed by atoms with Crippen LogP contribution in [0.4, 0.5) is 14.5 Å². The van der Waals surface area contributed by atoms with Crippen molar-refractivity contribution in [2.75, 3.05) is 5.32 Å². The van der Waals surface area contributed by atoms with Gasteiger partial charge in [0, 0.05) is 17.3 Å². The fourth-order valence-corrected chi connectivity index (χ4v) is 2.01. The fraction of sp³-hybridized carbons (Fsp3) is 0.167. The van der Waals surface area contributed by atoms with Gasteiger partial charge < -0.3 is 10.1 Å². The maximum Gasteiger partial charge on any atom is 0.339 e. The Kier molecular flexibility index (Phi) is 5.59. The highest BCUT2D eigenvalue weighted by Crippen LogP contribution is 2.14. The molecule has 0 aliphatic heterocycles. The number of halogens is 2. The van der Waals surface area contributed by atoms with Gasteiger partial charge in [0.2, 0.25) is 0 Å². The van der Waals surface area contributed by atoms with Crippen molar-refractivity contribution >= 4 is 23.3 Å². The first-order valence-electron chi connectivity index (χ1n) is 7.35. The van der Waals surface area contributed by atoms with Crippen LogP contribution in [0.2, 0.25) is 0 Å². The first-order chi connectivity index (χ1) is 11.8. The Hall–Kier alpha value is -3.09. The third kappa shape index (κ3) is 4.94. The summed E-state index contributed by atoms with van der Waals surface area (Å²) in [6.07, 6.45) is -1.21. The summed E-state index contributed by atoms with van der Waals surface area (Å²) in [5, 5.41) is 2.50. The summed E-state index contributed by atoms with van der Waals surface area (Å²) < 4.78 is 31.1.